The van der Waals surface area contributed by atoms with Crippen LogP contribution in [0.25, 0.3) is 0 Å². The van der Waals surface area contributed by atoms with Crippen LogP contribution in [0, 0.1) is 0 Å². The molecule has 0 aliphatic carbocycles. The Bertz CT molecular complexity index is 667. The summed E-state index contributed by atoms with van der Waals surface area (Å²) in [5.41, 5.74) is 1.62. The van der Waals surface area contributed by atoms with Crippen LogP contribution in [0.15, 0.2) is 35.8 Å². The average molecular weight is 302 g/mol. The van der Waals surface area contributed by atoms with Crippen LogP contribution in [0.1, 0.15) is 25.5 Å². The molecule has 7 nitrogen and oxygen atoms in total. The Balaban J connectivity index is 1.90. The third-order valence-electron chi connectivity index (χ3n) is 3.34. The fourth-order valence-corrected chi connectivity index (χ4v) is 2.36. The lowest BCUT2D eigenvalue weighted by molar-refractivity contribution is -0.139. The monoisotopic (exact) mass is 302 g/mol. The molecule has 1 atom stereocenters. The molecule has 1 aliphatic rings. The molecule has 0 saturated carbocycles. The highest BCUT2D eigenvalue weighted by Gasteiger charge is 2.35. The molecule has 1 fully saturated rings. The third-order valence-corrected chi connectivity index (χ3v) is 3.34. The van der Waals surface area contributed by atoms with E-state index in [0.29, 0.717) is 18.0 Å². The molecule has 7 heteroatoms. The van der Waals surface area contributed by atoms with Crippen LogP contribution < -0.4 is 4.74 Å². The predicted octanol–water partition coefficient (Wildman–Crippen LogP) is 2.32. The molecular weight excluding hydrogens is 284 g/mol. The highest BCUT2D eigenvalue weighted by molar-refractivity contribution is 5.67. The van der Waals surface area contributed by atoms with Crippen LogP contribution in [0.5, 0.6) is 5.75 Å². The van der Waals surface area contributed by atoms with Gasteiger partial charge in [-0.05, 0) is 19.9 Å². The van der Waals surface area contributed by atoms with Crippen molar-refractivity contribution >= 4 is 12.0 Å². The zero-order valence-corrected chi connectivity index (χ0v) is 12.8. The predicted molar refractivity (Wildman–Crippen MR) is 80.4 cm³/mol. The second-order valence-electron chi connectivity index (χ2n) is 5.34. The Morgan fingerprint density at radius 3 is 2.95 bits per heavy atom. The van der Waals surface area contributed by atoms with Crippen molar-refractivity contribution in [2.75, 3.05) is 13.7 Å². The maximum absolute atomic E-state index is 5.90. The van der Waals surface area contributed by atoms with E-state index < -0.39 is 5.79 Å². The summed E-state index contributed by atoms with van der Waals surface area (Å²) >= 11 is 0. The first-order chi connectivity index (χ1) is 10.6. The Labute approximate surface area is 128 Å². The lowest BCUT2D eigenvalue weighted by Gasteiger charge is -2.19. The van der Waals surface area contributed by atoms with Gasteiger partial charge < -0.3 is 14.2 Å². The molecule has 0 bridgehead atoms. The molecule has 1 saturated heterocycles. The van der Waals surface area contributed by atoms with Crippen LogP contribution in [0.4, 0.5) is 5.69 Å². The lowest BCUT2D eigenvalue weighted by Crippen LogP contribution is -2.19. The van der Waals surface area contributed by atoms with E-state index in [2.05, 4.69) is 15.1 Å². The van der Waals surface area contributed by atoms with Gasteiger partial charge in [-0.25, -0.2) is 14.7 Å². The summed E-state index contributed by atoms with van der Waals surface area (Å²) in [4.78, 5) is 8.27. The average Bonchev–Trinajstić information content (AvgIpc) is 3.13. The van der Waals surface area contributed by atoms with Crippen LogP contribution >= 0.6 is 0 Å². The second kappa shape index (κ2) is 5.86. The number of aliphatic imine (C=N–C) groups is 1. The molecule has 0 spiro atoms. The van der Waals surface area contributed by atoms with E-state index in [1.807, 2.05) is 32.0 Å². The minimum absolute atomic E-state index is 0.175. The van der Waals surface area contributed by atoms with E-state index in [9.17, 15) is 0 Å². The number of hydrogen-bond donors (Lipinski definition) is 0. The molecule has 3 rings (SSSR count). The van der Waals surface area contributed by atoms with E-state index in [1.165, 1.54) is 11.0 Å². The summed E-state index contributed by atoms with van der Waals surface area (Å²) in [5, 5.41) is 3.98. The molecule has 0 amide bonds. The highest BCUT2D eigenvalue weighted by atomic mass is 16.7. The van der Waals surface area contributed by atoms with Crippen LogP contribution in [-0.4, -0.2) is 40.6 Å². The molecule has 0 radical (unpaired) electrons. The maximum atomic E-state index is 5.90. The van der Waals surface area contributed by atoms with Crippen molar-refractivity contribution in [1.29, 1.82) is 0 Å². The largest absolute Gasteiger partial charge is 0.494 e. The Morgan fingerprint density at radius 2 is 2.32 bits per heavy atom. The van der Waals surface area contributed by atoms with Gasteiger partial charge in [0, 0.05) is 5.56 Å². The standard InChI is InChI=1S/C15H18N4O3/c1-15(2)21-7-13(22-15)11-5-4-6-12(14(11)20-3)17-10-19-9-16-8-18-19/h4-6,8-10,13H,7H2,1-3H3/t13-/m1/s1. The quantitative estimate of drug-likeness (QED) is 0.640. The molecule has 1 aromatic heterocycles. The number of methoxy groups -OCH3 is 1. The van der Waals surface area contributed by atoms with E-state index in [-0.39, 0.29) is 6.10 Å². The number of ether oxygens (including phenoxy) is 3. The van der Waals surface area contributed by atoms with Crippen molar-refractivity contribution in [1.82, 2.24) is 14.8 Å². The van der Waals surface area contributed by atoms with E-state index >= 15 is 0 Å². The van der Waals surface area contributed by atoms with Crippen LogP contribution in [-0.2, 0) is 9.47 Å². The summed E-state index contributed by atoms with van der Waals surface area (Å²) in [6.07, 6.45) is 4.42. The molecule has 0 unspecified atom stereocenters. The van der Waals surface area contributed by atoms with Gasteiger partial charge in [-0.15, -0.1) is 0 Å². The van der Waals surface area contributed by atoms with Crippen molar-refractivity contribution in [2.24, 2.45) is 4.99 Å². The topological polar surface area (TPSA) is 70.8 Å². The van der Waals surface area contributed by atoms with Gasteiger partial charge in [-0.3, -0.25) is 0 Å². The van der Waals surface area contributed by atoms with Gasteiger partial charge in [0.25, 0.3) is 0 Å². The minimum Gasteiger partial charge on any atom is -0.494 e. The van der Waals surface area contributed by atoms with Crippen molar-refractivity contribution in [2.45, 2.75) is 25.7 Å². The normalized spacial score (nSPS) is 20.6. The number of nitrogens with zero attached hydrogens (tertiary/aromatic N) is 4. The van der Waals surface area contributed by atoms with Gasteiger partial charge in [-0.1, -0.05) is 12.1 Å². The van der Waals surface area contributed by atoms with Gasteiger partial charge in [0.15, 0.2) is 5.79 Å². The summed E-state index contributed by atoms with van der Waals surface area (Å²) in [7, 11) is 1.62. The number of hydrogen-bond acceptors (Lipinski definition) is 6. The van der Waals surface area contributed by atoms with Gasteiger partial charge in [0.1, 0.15) is 36.5 Å². The minimum atomic E-state index is -0.588. The Morgan fingerprint density at radius 1 is 1.45 bits per heavy atom. The zero-order valence-electron chi connectivity index (χ0n) is 12.8. The fourth-order valence-electron chi connectivity index (χ4n) is 2.36. The first-order valence-corrected chi connectivity index (χ1v) is 6.96. The third kappa shape index (κ3) is 3.00. The Kier molecular flexibility index (Phi) is 3.91. The van der Waals surface area contributed by atoms with Crippen molar-refractivity contribution in [3.8, 4) is 5.75 Å². The summed E-state index contributed by atoms with van der Waals surface area (Å²) in [6, 6.07) is 5.75. The van der Waals surface area contributed by atoms with Crippen molar-refractivity contribution < 1.29 is 14.2 Å². The van der Waals surface area contributed by atoms with Crippen LogP contribution in [0.2, 0.25) is 0 Å². The molecule has 1 aromatic carbocycles. The molecule has 2 aromatic rings. The van der Waals surface area contributed by atoms with Gasteiger partial charge >= 0.3 is 0 Å². The highest BCUT2D eigenvalue weighted by Crippen LogP contribution is 2.41. The van der Waals surface area contributed by atoms with E-state index in [1.54, 1.807) is 19.8 Å². The number of aromatic nitrogens is 3. The summed E-state index contributed by atoms with van der Waals surface area (Å²) < 4.78 is 18.6. The number of benzene rings is 1. The molecular formula is C15H18N4O3. The maximum Gasteiger partial charge on any atom is 0.163 e. The fraction of sp³-hybridized carbons (Fsp3) is 0.400. The van der Waals surface area contributed by atoms with Gasteiger partial charge in [0.2, 0.25) is 0 Å². The smallest absolute Gasteiger partial charge is 0.163 e. The van der Waals surface area contributed by atoms with Crippen LogP contribution in [0.3, 0.4) is 0 Å². The van der Waals surface area contributed by atoms with Crippen molar-refractivity contribution in [3.63, 3.8) is 0 Å². The number of rotatable bonds is 4. The first-order valence-electron chi connectivity index (χ1n) is 6.96. The molecule has 1 aliphatic heterocycles. The SMILES string of the molecule is COc1c(N=Cn2cncn2)cccc1[C@H]1COC(C)(C)O1. The summed E-state index contributed by atoms with van der Waals surface area (Å²) in [6.45, 7) is 4.28. The van der Waals surface area contributed by atoms with E-state index in [0.717, 1.165) is 5.56 Å². The molecule has 2 heterocycles. The zero-order chi connectivity index (χ0) is 15.6. The first kappa shape index (κ1) is 14.7. The van der Waals surface area contributed by atoms with Gasteiger partial charge in [0.05, 0.1) is 13.7 Å². The lowest BCUT2D eigenvalue weighted by atomic mass is 10.1. The van der Waals surface area contributed by atoms with E-state index in [4.69, 9.17) is 14.2 Å². The molecule has 22 heavy (non-hydrogen) atoms. The van der Waals surface area contributed by atoms with Crippen molar-refractivity contribution in [3.05, 3.63) is 36.4 Å². The summed E-state index contributed by atoms with van der Waals surface area (Å²) in [5.74, 6) is 0.0838. The second-order valence-corrected chi connectivity index (χ2v) is 5.34. The number of para-hydroxylation sites is 1. The van der Waals surface area contributed by atoms with Gasteiger partial charge in [-0.2, -0.15) is 5.10 Å². The molecule has 0 N–H and O–H groups in total. The Hall–Kier alpha value is -2.25. The molecule has 116 valence electrons.